The summed E-state index contributed by atoms with van der Waals surface area (Å²) in [6.07, 6.45) is 1.72. The van der Waals surface area contributed by atoms with Gasteiger partial charge in [0.15, 0.2) is 5.78 Å². The van der Waals surface area contributed by atoms with Crippen molar-refractivity contribution in [2.45, 2.75) is 56.9 Å². The van der Waals surface area contributed by atoms with Crippen molar-refractivity contribution in [3.8, 4) is 0 Å². The lowest BCUT2D eigenvalue weighted by Crippen LogP contribution is -2.44. The number of likely N-dealkylation sites (tertiary alicyclic amines) is 1. The minimum absolute atomic E-state index is 0.0321. The maximum absolute atomic E-state index is 12.6. The summed E-state index contributed by atoms with van der Waals surface area (Å²) in [6, 6.07) is 14.9. The van der Waals surface area contributed by atoms with Gasteiger partial charge in [-0.15, -0.1) is 0 Å². The number of piperidine rings is 1. The molecule has 0 unspecified atom stereocenters. The number of benzene rings is 2. The van der Waals surface area contributed by atoms with Gasteiger partial charge in [0.2, 0.25) is 0 Å². The van der Waals surface area contributed by atoms with Gasteiger partial charge in [-0.2, -0.15) is 0 Å². The number of Topliss-reactive ketones (excluding diaryl/α,β-unsaturated/α-hetero) is 1. The molecule has 0 aliphatic carbocycles. The third-order valence-electron chi connectivity index (χ3n) is 6.45. The van der Waals surface area contributed by atoms with Crippen LogP contribution in [0.15, 0.2) is 48.5 Å². The minimum Gasteiger partial charge on any atom is -0.393 e. The van der Waals surface area contributed by atoms with Crippen LogP contribution in [0, 0.1) is 0 Å². The van der Waals surface area contributed by atoms with E-state index in [1.807, 2.05) is 12.1 Å². The van der Waals surface area contributed by atoms with E-state index in [1.54, 1.807) is 29.2 Å². The lowest BCUT2D eigenvalue weighted by molar-refractivity contribution is 0.0546. The highest BCUT2D eigenvalue weighted by atomic mass is 16.3. The average molecular weight is 423 g/mol. The van der Waals surface area contributed by atoms with Crippen molar-refractivity contribution in [2.75, 3.05) is 13.1 Å². The number of fused-ring (bicyclic) bond motifs is 1. The van der Waals surface area contributed by atoms with Gasteiger partial charge in [-0.05, 0) is 48.9 Å². The molecule has 2 atom stereocenters. The van der Waals surface area contributed by atoms with Crippen LogP contribution in [-0.2, 0) is 13.0 Å². The van der Waals surface area contributed by atoms with Crippen LogP contribution >= 0.6 is 0 Å². The number of carbonyl (C=O) groups excluding carboxylic acids is 2. The number of nitrogens with zero attached hydrogens (tertiary/aromatic N) is 1. The molecule has 1 fully saturated rings. The van der Waals surface area contributed by atoms with E-state index in [2.05, 4.69) is 17.4 Å². The molecule has 2 aliphatic rings. The topological polar surface area (TPSA) is 89.9 Å². The highest BCUT2D eigenvalue weighted by Gasteiger charge is 2.25. The summed E-state index contributed by atoms with van der Waals surface area (Å²) in [5.74, 6) is -0.0969. The molecule has 2 aromatic rings. The van der Waals surface area contributed by atoms with E-state index in [-0.39, 0.29) is 30.3 Å². The molecule has 1 saturated heterocycles. The molecule has 2 aliphatic heterocycles. The largest absolute Gasteiger partial charge is 0.393 e. The number of aliphatic hydroxyl groups is 2. The molecule has 2 heterocycles. The van der Waals surface area contributed by atoms with Crippen LogP contribution in [0.4, 0.5) is 0 Å². The van der Waals surface area contributed by atoms with Gasteiger partial charge in [0.1, 0.15) is 0 Å². The fourth-order valence-corrected chi connectivity index (χ4v) is 4.43. The van der Waals surface area contributed by atoms with E-state index >= 15 is 0 Å². The first-order chi connectivity index (χ1) is 15.0. The molecule has 6 heteroatoms. The molecular formula is C25H30N2O4. The minimum atomic E-state index is -0.590. The van der Waals surface area contributed by atoms with Crippen molar-refractivity contribution < 1.29 is 19.8 Å². The Balaban J connectivity index is 1.28. The fraction of sp³-hybridized carbons (Fsp3) is 0.440. The number of carbonyl (C=O) groups is 2. The maximum atomic E-state index is 12.6. The molecule has 4 rings (SSSR count). The quantitative estimate of drug-likeness (QED) is 0.622. The summed E-state index contributed by atoms with van der Waals surface area (Å²) >= 11 is 0. The average Bonchev–Trinajstić information content (AvgIpc) is 2.82. The number of hydrogen-bond acceptors (Lipinski definition) is 5. The zero-order chi connectivity index (χ0) is 21.8. The van der Waals surface area contributed by atoms with Crippen molar-refractivity contribution in [3.05, 3.63) is 70.8 Å². The van der Waals surface area contributed by atoms with Crippen LogP contribution in [0.1, 0.15) is 57.5 Å². The predicted octanol–water partition coefficient (Wildman–Crippen LogP) is 2.32. The first-order valence-electron chi connectivity index (χ1n) is 11.1. The second-order valence-electron chi connectivity index (χ2n) is 8.59. The SMILES string of the molecule is O=C(CC[C@@H](O)[C@@H]1Cc2ccccc2CN1)c1ccc(C(=O)N2CCC(O)CC2)cc1. The summed E-state index contributed by atoms with van der Waals surface area (Å²) in [7, 11) is 0. The third kappa shape index (κ3) is 5.21. The van der Waals surface area contributed by atoms with Crippen molar-refractivity contribution >= 4 is 11.7 Å². The van der Waals surface area contributed by atoms with Crippen LogP contribution in [-0.4, -0.2) is 58.1 Å². The second-order valence-corrected chi connectivity index (χ2v) is 8.59. The van der Waals surface area contributed by atoms with Crippen molar-refractivity contribution in [1.82, 2.24) is 10.2 Å². The lowest BCUT2D eigenvalue weighted by Gasteiger charge is -2.30. The normalized spacial score (nSPS) is 20.2. The van der Waals surface area contributed by atoms with E-state index in [0.29, 0.717) is 43.5 Å². The van der Waals surface area contributed by atoms with Crippen molar-refractivity contribution in [2.24, 2.45) is 0 Å². The highest BCUT2D eigenvalue weighted by Crippen LogP contribution is 2.20. The van der Waals surface area contributed by atoms with E-state index in [0.717, 1.165) is 13.0 Å². The molecule has 3 N–H and O–H groups in total. The van der Waals surface area contributed by atoms with Crippen molar-refractivity contribution in [3.63, 3.8) is 0 Å². The Morgan fingerprint density at radius 2 is 1.65 bits per heavy atom. The van der Waals surface area contributed by atoms with Gasteiger partial charge < -0.3 is 20.4 Å². The molecule has 0 aromatic heterocycles. The Hall–Kier alpha value is -2.54. The Labute approximate surface area is 182 Å². The van der Waals surface area contributed by atoms with Gasteiger partial charge in [-0.25, -0.2) is 0 Å². The number of ketones is 1. The monoisotopic (exact) mass is 422 g/mol. The van der Waals surface area contributed by atoms with Crippen molar-refractivity contribution in [1.29, 1.82) is 0 Å². The molecule has 0 saturated carbocycles. The zero-order valence-corrected chi connectivity index (χ0v) is 17.7. The molecule has 31 heavy (non-hydrogen) atoms. The molecule has 6 nitrogen and oxygen atoms in total. The smallest absolute Gasteiger partial charge is 0.253 e. The van der Waals surface area contributed by atoms with E-state index in [1.165, 1.54) is 11.1 Å². The van der Waals surface area contributed by atoms with Crippen LogP contribution in [0.25, 0.3) is 0 Å². The number of hydrogen-bond donors (Lipinski definition) is 3. The van der Waals surface area contributed by atoms with Crippen LogP contribution in [0.5, 0.6) is 0 Å². The molecule has 1 amide bonds. The van der Waals surface area contributed by atoms with Crippen LogP contribution < -0.4 is 5.32 Å². The first kappa shape index (κ1) is 21.7. The standard InChI is InChI=1S/C25H30N2O4/c28-21-11-13-27(14-12-21)25(31)18-7-5-17(6-8-18)23(29)9-10-24(30)22-15-19-3-1-2-4-20(19)16-26-22/h1-8,21-22,24,26,28,30H,9-16H2/t22-,24+/m0/s1. The van der Waals surface area contributed by atoms with Gasteiger partial charge in [0.05, 0.1) is 12.2 Å². The highest BCUT2D eigenvalue weighted by molar-refractivity contribution is 5.98. The zero-order valence-electron chi connectivity index (χ0n) is 17.7. The molecular weight excluding hydrogens is 392 g/mol. The van der Waals surface area contributed by atoms with Gasteiger partial charge in [0, 0.05) is 43.2 Å². The Morgan fingerprint density at radius 3 is 2.35 bits per heavy atom. The Bertz CT molecular complexity index is 919. The van der Waals surface area contributed by atoms with Gasteiger partial charge >= 0.3 is 0 Å². The van der Waals surface area contributed by atoms with E-state index in [4.69, 9.17) is 0 Å². The molecule has 164 valence electrons. The summed E-state index contributed by atoms with van der Waals surface area (Å²) in [5, 5.41) is 23.6. The lowest BCUT2D eigenvalue weighted by atomic mass is 9.90. The Morgan fingerprint density at radius 1 is 1.00 bits per heavy atom. The van der Waals surface area contributed by atoms with E-state index in [9.17, 15) is 19.8 Å². The number of rotatable bonds is 6. The summed E-state index contributed by atoms with van der Waals surface area (Å²) in [5.41, 5.74) is 3.62. The molecule has 2 aromatic carbocycles. The second kappa shape index (κ2) is 9.73. The summed E-state index contributed by atoms with van der Waals surface area (Å²) in [6.45, 7) is 1.84. The third-order valence-corrected chi connectivity index (χ3v) is 6.45. The predicted molar refractivity (Wildman–Crippen MR) is 118 cm³/mol. The molecule has 0 spiro atoms. The van der Waals surface area contributed by atoms with Crippen LogP contribution in [0.2, 0.25) is 0 Å². The molecule has 0 radical (unpaired) electrons. The van der Waals surface area contributed by atoms with Crippen LogP contribution in [0.3, 0.4) is 0 Å². The summed E-state index contributed by atoms with van der Waals surface area (Å²) < 4.78 is 0. The van der Waals surface area contributed by atoms with Gasteiger partial charge in [-0.1, -0.05) is 36.4 Å². The maximum Gasteiger partial charge on any atom is 0.253 e. The fourth-order valence-electron chi connectivity index (χ4n) is 4.43. The number of aliphatic hydroxyl groups excluding tert-OH is 2. The van der Waals surface area contributed by atoms with Gasteiger partial charge in [-0.3, -0.25) is 9.59 Å². The van der Waals surface area contributed by atoms with Gasteiger partial charge in [0.25, 0.3) is 5.91 Å². The Kier molecular flexibility index (Phi) is 6.80. The number of nitrogens with one attached hydrogen (secondary N) is 1. The summed E-state index contributed by atoms with van der Waals surface area (Å²) in [4.78, 5) is 26.9. The first-order valence-corrected chi connectivity index (χ1v) is 11.1. The van der Waals surface area contributed by atoms with E-state index < -0.39 is 6.10 Å². The number of amides is 1. The molecule has 0 bridgehead atoms.